The van der Waals surface area contributed by atoms with Gasteiger partial charge in [-0.2, -0.15) is 0 Å². The molecule has 3 atom stereocenters. The predicted octanol–water partition coefficient (Wildman–Crippen LogP) is 1.55. The Bertz CT molecular complexity index is 151. The summed E-state index contributed by atoms with van der Waals surface area (Å²) < 4.78 is 0. The lowest BCUT2D eigenvalue weighted by molar-refractivity contribution is 0.422. The Kier molecular flexibility index (Phi) is 1.53. The van der Waals surface area contributed by atoms with E-state index >= 15 is 0 Å². The lowest BCUT2D eigenvalue weighted by Gasteiger charge is -2.15. The fourth-order valence-corrected chi connectivity index (χ4v) is 2.44. The Hall–Kier alpha value is -0.300. The van der Waals surface area contributed by atoms with Crippen molar-refractivity contribution in [2.45, 2.75) is 19.3 Å². The third-order valence-corrected chi connectivity index (χ3v) is 2.95. The van der Waals surface area contributed by atoms with Gasteiger partial charge in [0, 0.05) is 0 Å². The molecule has 1 heteroatoms. The molecular formula is C9H15N. The largest absolute Gasteiger partial charge is 0.330 e. The van der Waals surface area contributed by atoms with Gasteiger partial charge >= 0.3 is 0 Å². The minimum absolute atomic E-state index is 0.877. The van der Waals surface area contributed by atoms with Crippen LogP contribution in [0.5, 0.6) is 0 Å². The second-order valence-corrected chi connectivity index (χ2v) is 3.62. The molecule has 0 radical (unpaired) electrons. The Morgan fingerprint density at radius 3 is 2.70 bits per heavy atom. The first kappa shape index (κ1) is 6.41. The molecule has 0 saturated heterocycles. The lowest BCUT2D eigenvalue weighted by atomic mass is 9.91. The fourth-order valence-electron chi connectivity index (χ4n) is 2.44. The molecule has 1 nitrogen and oxygen atoms in total. The van der Waals surface area contributed by atoms with Crippen LogP contribution in [-0.2, 0) is 0 Å². The summed E-state index contributed by atoms with van der Waals surface area (Å²) >= 11 is 0. The molecule has 0 unspecified atom stereocenters. The first-order chi connectivity index (χ1) is 4.90. The normalized spacial score (nSPS) is 43.1. The van der Waals surface area contributed by atoms with Gasteiger partial charge < -0.3 is 5.73 Å². The molecule has 2 bridgehead atoms. The van der Waals surface area contributed by atoms with Gasteiger partial charge in [0.2, 0.25) is 0 Å². The van der Waals surface area contributed by atoms with E-state index < -0.39 is 0 Å². The minimum Gasteiger partial charge on any atom is -0.330 e. The molecule has 0 amide bonds. The molecule has 2 rings (SSSR count). The van der Waals surface area contributed by atoms with Crippen molar-refractivity contribution in [1.29, 1.82) is 0 Å². The maximum atomic E-state index is 5.52. The van der Waals surface area contributed by atoms with E-state index in [1.807, 2.05) is 0 Å². The summed E-state index contributed by atoms with van der Waals surface area (Å²) in [6.45, 7) is 0.877. The smallest absolute Gasteiger partial charge is 0.00744 e. The Balaban J connectivity index is 1.96. The van der Waals surface area contributed by atoms with E-state index in [1.165, 1.54) is 19.3 Å². The molecule has 2 aliphatic rings. The number of hydrogen-bond donors (Lipinski definition) is 1. The first-order valence-electron chi connectivity index (χ1n) is 4.28. The van der Waals surface area contributed by atoms with Crippen molar-refractivity contribution in [2.24, 2.45) is 23.5 Å². The van der Waals surface area contributed by atoms with E-state index in [9.17, 15) is 0 Å². The zero-order chi connectivity index (χ0) is 6.97. The van der Waals surface area contributed by atoms with E-state index in [0.29, 0.717) is 0 Å². The first-order valence-corrected chi connectivity index (χ1v) is 4.28. The van der Waals surface area contributed by atoms with Gasteiger partial charge in [0.1, 0.15) is 0 Å². The summed E-state index contributed by atoms with van der Waals surface area (Å²) in [5.41, 5.74) is 5.52. The van der Waals surface area contributed by atoms with E-state index in [4.69, 9.17) is 5.73 Å². The molecule has 2 aliphatic carbocycles. The second kappa shape index (κ2) is 2.39. The lowest BCUT2D eigenvalue weighted by Crippen LogP contribution is -2.12. The van der Waals surface area contributed by atoms with Crippen LogP contribution in [0.25, 0.3) is 0 Å². The number of rotatable bonds is 2. The van der Waals surface area contributed by atoms with Gasteiger partial charge in [-0.05, 0) is 43.6 Å². The monoisotopic (exact) mass is 137 g/mol. The van der Waals surface area contributed by atoms with E-state index in [1.54, 1.807) is 0 Å². The highest BCUT2D eigenvalue weighted by atomic mass is 14.5. The van der Waals surface area contributed by atoms with Gasteiger partial charge in [0.15, 0.2) is 0 Å². The molecule has 0 aromatic carbocycles. The summed E-state index contributed by atoms with van der Waals surface area (Å²) in [6, 6.07) is 0. The highest BCUT2D eigenvalue weighted by molar-refractivity contribution is 5.09. The van der Waals surface area contributed by atoms with Gasteiger partial charge in [-0.15, -0.1) is 0 Å². The van der Waals surface area contributed by atoms with Crippen LogP contribution in [-0.4, -0.2) is 6.54 Å². The highest BCUT2D eigenvalue weighted by Gasteiger charge is 2.34. The van der Waals surface area contributed by atoms with Crippen LogP contribution in [0.2, 0.25) is 0 Å². The van der Waals surface area contributed by atoms with Crippen molar-refractivity contribution >= 4 is 0 Å². The molecule has 56 valence electrons. The molecule has 0 aromatic heterocycles. The van der Waals surface area contributed by atoms with Gasteiger partial charge in [-0.3, -0.25) is 0 Å². The van der Waals surface area contributed by atoms with Crippen LogP contribution in [0.4, 0.5) is 0 Å². The predicted molar refractivity (Wildman–Crippen MR) is 42.5 cm³/mol. The zero-order valence-corrected chi connectivity index (χ0v) is 6.29. The SMILES string of the molecule is NCC[C@@H]1C[C@H]2C=C[C@@H]1C2. The molecule has 1 saturated carbocycles. The van der Waals surface area contributed by atoms with Crippen LogP contribution < -0.4 is 5.73 Å². The second-order valence-electron chi connectivity index (χ2n) is 3.62. The zero-order valence-electron chi connectivity index (χ0n) is 6.29. The Labute approximate surface area is 62.3 Å². The van der Waals surface area contributed by atoms with Crippen molar-refractivity contribution < 1.29 is 0 Å². The Morgan fingerprint density at radius 1 is 1.30 bits per heavy atom. The molecule has 10 heavy (non-hydrogen) atoms. The quantitative estimate of drug-likeness (QED) is 0.574. The van der Waals surface area contributed by atoms with Gasteiger partial charge in [-0.1, -0.05) is 12.2 Å². The number of hydrogen-bond acceptors (Lipinski definition) is 1. The molecule has 0 heterocycles. The molecular weight excluding hydrogens is 122 g/mol. The standard InChI is InChI=1S/C9H15N/c10-4-3-9-6-7-1-2-8(9)5-7/h1-2,7-9H,3-6,10H2/t7-,8+,9+/m0/s1. The average Bonchev–Trinajstić information content (AvgIpc) is 2.48. The summed E-state index contributed by atoms with van der Waals surface area (Å²) in [4.78, 5) is 0. The van der Waals surface area contributed by atoms with Crippen molar-refractivity contribution in [3.63, 3.8) is 0 Å². The average molecular weight is 137 g/mol. The molecule has 0 spiro atoms. The van der Waals surface area contributed by atoms with Gasteiger partial charge in [0.25, 0.3) is 0 Å². The van der Waals surface area contributed by atoms with Gasteiger partial charge in [-0.25, -0.2) is 0 Å². The third-order valence-electron chi connectivity index (χ3n) is 2.95. The topological polar surface area (TPSA) is 26.0 Å². The summed E-state index contributed by atoms with van der Waals surface area (Å²) in [5.74, 6) is 2.75. The van der Waals surface area contributed by atoms with E-state index in [0.717, 1.165) is 24.3 Å². The number of allylic oxidation sites excluding steroid dienone is 2. The van der Waals surface area contributed by atoms with Crippen LogP contribution in [0.1, 0.15) is 19.3 Å². The molecule has 1 fully saturated rings. The third kappa shape index (κ3) is 0.891. The van der Waals surface area contributed by atoms with Crippen molar-refractivity contribution in [3.8, 4) is 0 Å². The highest BCUT2D eigenvalue weighted by Crippen LogP contribution is 2.44. The van der Waals surface area contributed by atoms with Crippen LogP contribution in [0, 0.1) is 17.8 Å². The maximum absolute atomic E-state index is 5.52. The van der Waals surface area contributed by atoms with E-state index in [-0.39, 0.29) is 0 Å². The molecule has 0 aliphatic heterocycles. The maximum Gasteiger partial charge on any atom is -0.00744 e. The van der Waals surface area contributed by atoms with E-state index in [2.05, 4.69) is 12.2 Å². The molecule has 2 N–H and O–H groups in total. The number of fused-ring (bicyclic) bond motifs is 2. The van der Waals surface area contributed by atoms with Crippen molar-refractivity contribution in [1.82, 2.24) is 0 Å². The van der Waals surface area contributed by atoms with Gasteiger partial charge in [0.05, 0.1) is 0 Å². The minimum atomic E-state index is 0.877. The van der Waals surface area contributed by atoms with Crippen molar-refractivity contribution in [3.05, 3.63) is 12.2 Å². The van der Waals surface area contributed by atoms with Crippen LogP contribution in [0.15, 0.2) is 12.2 Å². The Morgan fingerprint density at radius 2 is 2.20 bits per heavy atom. The fraction of sp³-hybridized carbons (Fsp3) is 0.778. The van der Waals surface area contributed by atoms with Crippen LogP contribution >= 0.6 is 0 Å². The molecule has 0 aromatic rings. The summed E-state index contributed by atoms with van der Waals surface area (Å²) in [7, 11) is 0. The van der Waals surface area contributed by atoms with Crippen LogP contribution in [0.3, 0.4) is 0 Å². The van der Waals surface area contributed by atoms with Crippen molar-refractivity contribution in [2.75, 3.05) is 6.54 Å². The summed E-state index contributed by atoms with van der Waals surface area (Å²) in [5, 5.41) is 0. The summed E-state index contributed by atoms with van der Waals surface area (Å²) in [6.07, 6.45) is 8.86. The number of nitrogens with two attached hydrogens (primary N) is 1.